The first kappa shape index (κ1) is 52.8. The van der Waals surface area contributed by atoms with Gasteiger partial charge in [-0.05, 0) is 0 Å². The number of hydrogen-bond donors (Lipinski definition) is 4. The zero-order chi connectivity index (χ0) is 15.7. The number of nitrogens with zero attached hydrogens (tertiary/aromatic N) is 2. The number of aliphatic carboxylic acids is 4. The van der Waals surface area contributed by atoms with Crippen molar-refractivity contribution in [3.8, 4) is 0 Å². The molecule has 0 heterocycles. The van der Waals surface area contributed by atoms with Crippen LogP contribution in [0.4, 0.5) is 0 Å². The van der Waals surface area contributed by atoms with Crippen LogP contribution in [0.1, 0.15) is 0 Å². The third-order valence-electron chi connectivity index (χ3n) is 2.17. The maximum atomic E-state index is 10.6. The average Bonchev–Trinajstić information content (AvgIpc) is 2.22. The van der Waals surface area contributed by atoms with Gasteiger partial charge in [-0.1, -0.05) is 0 Å². The predicted octanol–water partition coefficient (Wildman–Crippen LogP) is -6.14. The molecule has 0 amide bonds. The summed E-state index contributed by atoms with van der Waals surface area (Å²) in [7, 11) is 0. The molecular formula is C10H23KN2Na4O9Ti. The molecule has 0 aliphatic carbocycles. The van der Waals surface area contributed by atoms with Gasteiger partial charge in [0.15, 0.2) is 0 Å². The van der Waals surface area contributed by atoms with E-state index in [1.807, 2.05) is 0 Å². The monoisotopic (exact) mass is 494 g/mol. The first-order chi connectivity index (χ1) is 9.20. The van der Waals surface area contributed by atoms with Gasteiger partial charge in [-0.2, -0.15) is 0 Å². The van der Waals surface area contributed by atoms with Gasteiger partial charge < -0.3 is 25.9 Å². The summed E-state index contributed by atoms with van der Waals surface area (Å²) in [5.74, 6) is -4.91. The van der Waals surface area contributed by atoms with Gasteiger partial charge in [-0.25, -0.2) is 0 Å². The van der Waals surface area contributed by atoms with Gasteiger partial charge in [0.1, 0.15) is 0 Å². The van der Waals surface area contributed by atoms with E-state index in [-0.39, 0.29) is 210 Å². The number of carboxylic acid groups (broad SMARTS) is 4. The summed E-state index contributed by atoms with van der Waals surface area (Å²) in [4.78, 5) is 44.4. The van der Waals surface area contributed by atoms with Gasteiger partial charge in [-0.3, -0.25) is 29.0 Å². The Kier molecular flexibility index (Phi) is 63.2. The van der Waals surface area contributed by atoms with Crippen LogP contribution in [0.3, 0.4) is 0 Å². The van der Waals surface area contributed by atoms with Crippen molar-refractivity contribution >= 4 is 193 Å². The molecule has 0 aromatic heterocycles. The van der Waals surface area contributed by atoms with Gasteiger partial charge in [0.2, 0.25) is 0 Å². The van der Waals surface area contributed by atoms with Crippen molar-refractivity contribution in [3.05, 3.63) is 0 Å². The van der Waals surface area contributed by atoms with Crippen molar-refractivity contribution in [2.75, 3.05) is 39.3 Å². The Bertz CT molecular complexity index is 345. The fraction of sp³-hybridized carbons (Fsp3) is 0.600. The van der Waals surface area contributed by atoms with Crippen LogP contribution in [-0.4, -0.2) is 268 Å². The van der Waals surface area contributed by atoms with Gasteiger partial charge >= 0.3 is 193 Å². The topological polar surface area (TPSA) is 187 Å². The number of carboxylic acids is 4. The summed E-state index contributed by atoms with van der Waals surface area (Å²) in [6, 6.07) is 0. The van der Waals surface area contributed by atoms with Crippen LogP contribution in [0.5, 0.6) is 0 Å². The quantitative estimate of drug-likeness (QED) is 0.201. The standard InChI is InChI=1S/C10H16N2O8.K.4Na.H2O.Ti.5H/c13-7(14)3-11(4-8(15)16)1-2-12(5-9(17)18)6-10(19)20;;;;;;;;;;;;/h1-6H2,(H,13,14)(H,15,16)(H,17,18)(H,19,20);;;;;;1H2;;;;;;. The van der Waals surface area contributed by atoms with Crippen LogP contribution in [-0.2, 0) is 40.9 Å². The van der Waals surface area contributed by atoms with Crippen molar-refractivity contribution in [1.82, 2.24) is 9.80 Å². The number of carbonyl (C=O) groups is 4. The molecule has 0 fully saturated rings. The fourth-order valence-corrected chi connectivity index (χ4v) is 1.48. The molecule has 0 aliphatic heterocycles. The molecule has 0 aromatic carbocycles. The Morgan fingerprint density at radius 2 is 0.704 bits per heavy atom. The minimum atomic E-state index is -1.23. The van der Waals surface area contributed by atoms with Crippen LogP contribution in [0, 0.1) is 0 Å². The maximum absolute atomic E-state index is 10.6. The van der Waals surface area contributed by atoms with E-state index < -0.39 is 50.1 Å². The molecule has 17 heteroatoms. The first-order valence-electron chi connectivity index (χ1n) is 5.52. The van der Waals surface area contributed by atoms with Crippen molar-refractivity contribution in [2.24, 2.45) is 0 Å². The average molecular weight is 494 g/mol. The second-order valence-electron chi connectivity index (χ2n) is 4.00. The largest absolute Gasteiger partial charge is 0 e. The Morgan fingerprint density at radius 3 is 0.815 bits per heavy atom. The number of rotatable bonds is 11. The Labute approximate surface area is 302 Å². The molecule has 136 valence electrons. The van der Waals surface area contributed by atoms with Crippen molar-refractivity contribution < 1.29 is 66.8 Å². The molecule has 0 rings (SSSR count). The van der Waals surface area contributed by atoms with E-state index >= 15 is 0 Å². The molecule has 0 spiro atoms. The van der Waals surface area contributed by atoms with Crippen LogP contribution >= 0.6 is 0 Å². The van der Waals surface area contributed by atoms with E-state index in [0.717, 1.165) is 9.80 Å². The van der Waals surface area contributed by atoms with E-state index in [2.05, 4.69) is 0 Å². The Morgan fingerprint density at radius 1 is 0.556 bits per heavy atom. The number of hydrogen-bond acceptors (Lipinski definition) is 6. The molecular weight excluding hydrogens is 471 g/mol. The van der Waals surface area contributed by atoms with Crippen LogP contribution in [0.25, 0.3) is 0 Å². The third kappa shape index (κ3) is 37.7. The first-order valence-corrected chi connectivity index (χ1v) is 5.52. The molecule has 0 unspecified atom stereocenters. The second kappa shape index (κ2) is 32.3. The summed E-state index contributed by atoms with van der Waals surface area (Å²) in [6.45, 7) is -2.25. The smallest absolute Gasteiger partial charge is 0 e. The van der Waals surface area contributed by atoms with E-state index in [1.165, 1.54) is 0 Å². The third-order valence-corrected chi connectivity index (χ3v) is 2.17. The minimum Gasteiger partial charge on any atom is 0 e. The van der Waals surface area contributed by atoms with Crippen LogP contribution in [0.15, 0.2) is 0 Å². The molecule has 6 N–H and O–H groups in total. The van der Waals surface area contributed by atoms with Gasteiger partial charge in [0.25, 0.3) is 0 Å². The van der Waals surface area contributed by atoms with Gasteiger partial charge in [0.05, 0.1) is 26.2 Å². The molecule has 0 saturated heterocycles. The van der Waals surface area contributed by atoms with Crippen LogP contribution in [0.2, 0.25) is 0 Å². The summed E-state index contributed by atoms with van der Waals surface area (Å²) in [5, 5.41) is 34.5. The van der Waals surface area contributed by atoms with E-state index in [9.17, 15) is 19.2 Å². The normalized spacial score (nSPS) is 7.93. The maximum Gasteiger partial charge on any atom is 0 e. The van der Waals surface area contributed by atoms with Crippen LogP contribution < -0.4 is 0 Å². The molecule has 11 nitrogen and oxygen atoms in total. The van der Waals surface area contributed by atoms with Crippen molar-refractivity contribution in [2.45, 2.75) is 0 Å². The summed E-state index contributed by atoms with van der Waals surface area (Å²) < 4.78 is 0. The summed E-state index contributed by atoms with van der Waals surface area (Å²) in [5.41, 5.74) is 0. The molecule has 0 bridgehead atoms. The fourth-order valence-electron chi connectivity index (χ4n) is 1.48. The Balaban J connectivity index is -0.0000000860. The molecule has 0 aliphatic rings. The zero-order valence-electron chi connectivity index (χ0n) is 11.6. The second-order valence-corrected chi connectivity index (χ2v) is 4.00. The van der Waals surface area contributed by atoms with E-state index in [4.69, 9.17) is 20.4 Å². The molecule has 0 aromatic rings. The summed E-state index contributed by atoms with van der Waals surface area (Å²) >= 11 is 0. The van der Waals surface area contributed by atoms with Crippen molar-refractivity contribution in [1.29, 1.82) is 0 Å². The molecule has 0 atom stereocenters. The van der Waals surface area contributed by atoms with E-state index in [0.29, 0.717) is 0 Å². The van der Waals surface area contributed by atoms with Gasteiger partial charge in [-0.15, -0.1) is 0 Å². The SMILES string of the molecule is O.O=C(O)CN(CCN(CC(=O)O)CC(=O)O)CC(=O)O.[KH].[NaH].[NaH].[NaH].[NaH].[Ti]. The molecule has 0 radical (unpaired) electrons. The summed E-state index contributed by atoms with van der Waals surface area (Å²) in [6.07, 6.45) is 0. The minimum absolute atomic E-state index is 0. The predicted molar refractivity (Wildman–Crippen MR) is 103 cm³/mol. The molecule has 27 heavy (non-hydrogen) atoms. The van der Waals surface area contributed by atoms with Crippen molar-refractivity contribution in [3.63, 3.8) is 0 Å². The van der Waals surface area contributed by atoms with Gasteiger partial charge in [0, 0.05) is 34.8 Å². The van der Waals surface area contributed by atoms with E-state index in [1.54, 1.807) is 0 Å². The zero-order valence-corrected chi connectivity index (χ0v) is 13.1. The Hall–Kier alpha value is 4.11. The molecule has 0 saturated carbocycles.